The van der Waals surface area contributed by atoms with Gasteiger partial charge >= 0.3 is 0 Å². The monoisotopic (exact) mass is 235 g/mol. The van der Waals surface area contributed by atoms with E-state index in [0.717, 1.165) is 19.4 Å². The number of ether oxygens (including phenoxy) is 1. The summed E-state index contributed by atoms with van der Waals surface area (Å²) in [5.41, 5.74) is 6.55. The molecule has 1 saturated heterocycles. The Balaban J connectivity index is 2.06. The zero-order valence-electron chi connectivity index (χ0n) is 9.93. The molecule has 0 spiro atoms. The molecule has 0 bridgehead atoms. The number of likely N-dealkylation sites (tertiary alicyclic amines) is 1. The van der Waals surface area contributed by atoms with Crippen LogP contribution in [0, 0.1) is 0 Å². The van der Waals surface area contributed by atoms with Gasteiger partial charge in [0.1, 0.15) is 5.69 Å². The highest BCUT2D eigenvalue weighted by Gasteiger charge is 2.24. The molecule has 5 nitrogen and oxygen atoms in total. The lowest BCUT2D eigenvalue weighted by Gasteiger charge is -2.31. The van der Waals surface area contributed by atoms with Crippen LogP contribution in [0.15, 0.2) is 18.3 Å². The summed E-state index contributed by atoms with van der Waals surface area (Å²) >= 11 is 0. The average molecular weight is 235 g/mol. The van der Waals surface area contributed by atoms with Crippen LogP contribution in [0.5, 0.6) is 0 Å². The number of amides is 1. The molecular weight excluding hydrogens is 218 g/mol. The number of nitrogens with zero attached hydrogens (tertiary/aromatic N) is 2. The van der Waals surface area contributed by atoms with E-state index in [2.05, 4.69) is 4.98 Å². The Morgan fingerprint density at radius 3 is 3.06 bits per heavy atom. The van der Waals surface area contributed by atoms with Crippen LogP contribution < -0.4 is 5.73 Å². The smallest absolute Gasteiger partial charge is 0.272 e. The molecule has 2 heterocycles. The van der Waals surface area contributed by atoms with Gasteiger partial charge < -0.3 is 15.4 Å². The van der Waals surface area contributed by atoms with Crippen molar-refractivity contribution in [2.24, 2.45) is 0 Å². The van der Waals surface area contributed by atoms with Crippen molar-refractivity contribution in [2.75, 3.05) is 25.9 Å². The van der Waals surface area contributed by atoms with Crippen LogP contribution in [-0.2, 0) is 4.74 Å². The SMILES string of the molecule is COC1CCCN(C(=O)c2ccc(N)cn2)C1. The van der Waals surface area contributed by atoms with Gasteiger partial charge in [-0.1, -0.05) is 0 Å². The molecule has 0 aromatic carbocycles. The van der Waals surface area contributed by atoms with Crippen LogP contribution in [0.2, 0.25) is 0 Å². The number of methoxy groups -OCH3 is 1. The lowest BCUT2D eigenvalue weighted by atomic mass is 10.1. The number of anilines is 1. The maximum Gasteiger partial charge on any atom is 0.272 e. The molecule has 1 amide bonds. The normalized spacial score (nSPS) is 20.3. The van der Waals surface area contributed by atoms with E-state index in [1.807, 2.05) is 0 Å². The molecule has 5 heteroatoms. The van der Waals surface area contributed by atoms with Crippen LogP contribution >= 0.6 is 0 Å². The summed E-state index contributed by atoms with van der Waals surface area (Å²) in [6.45, 7) is 1.41. The van der Waals surface area contributed by atoms with E-state index in [4.69, 9.17) is 10.5 Å². The van der Waals surface area contributed by atoms with Crippen molar-refractivity contribution in [3.63, 3.8) is 0 Å². The molecule has 2 N–H and O–H groups in total. The summed E-state index contributed by atoms with van der Waals surface area (Å²) in [7, 11) is 1.68. The topological polar surface area (TPSA) is 68.5 Å². The van der Waals surface area contributed by atoms with E-state index in [0.29, 0.717) is 17.9 Å². The number of carbonyl (C=O) groups is 1. The minimum atomic E-state index is -0.0493. The van der Waals surface area contributed by atoms with Crippen LogP contribution in [-0.4, -0.2) is 42.1 Å². The summed E-state index contributed by atoms with van der Waals surface area (Å²) in [5.74, 6) is -0.0493. The van der Waals surface area contributed by atoms with Crippen molar-refractivity contribution in [1.29, 1.82) is 0 Å². The molecule has 1 aromatic rings. The van der Waals surface area contributed by atoms with Gasteiger partial charge in [0.15, 0.2) is 0 Å². The van der Waals surface area contributed by atoms with Gasteiger partial charge in [-0.2, -0.15) is 0 Å². The van der Waals surface area contributed by atoms with E-state index in [9.17, 15) is 4.79 Å². The van der Waals surface area contributed by atoms with E-state index in [1.54, 1.807) is 24.1 Å². The Hall–Kier alpha value is -1.62. The molecule has 1 unspecified atom stereocenters. The first-order valence-corrected chi connectivity index (χ1v) is 5.74. The van der Waals surface area contributed by atoms with Crippen molar-refractivity contribution < 1.29 is 9.53 Å². The predicted octanol–water partition coefficient (Wildman–Crippen LogP) is 0.915. The fourth-order valence-electron chi connectivity index (χ4n) is 2.01. The van der Waals surface area contributed by atoms with E-state index in [-0.39, 0.29) is 12.0 Å². The fraction of sp³-hybridized carbons (Fsp3) is 0.500. The molecule has 92 valence electrons. The standard InChI is InChI=1S/C12H17N3O2/c1-17-10-3-2-6-15(8-10)12(16)11-5-4-9(13)7-14-11/h4-5,7,10H,2-3,6,8,13H2,1H3. The Morgan fingerprint density at radius 2 is 2.41 bits per heavy atom. The van der Waals surface area contributed by atoms with Gasteiger partial charge in [-0.05, 0) is 25.0 Å². The van der Waals surface area contributed by atoms with Gasteiger partial charge in [0.2, 0.25) is 0 Å². The molecule has 1 fully saturated rings. The molecular formula is C12H17N3O2. The molecule has 0 saturated carbocycles. The first-order chi connectivity index (χ1) is 8.20. The summed E-state index contributed by atoms with van der Waals surface area (Å²) < 4.78 is 5.29. The third-order valence-corrected chi connectivity index (χ3v) is 3.00. The van der Waals surface area contributed by atoms with Crippen molar-refractivity contribution in [1.82, 2.24) is 9.88 Å². The second-order valence-electron chi connectivity index (χ2n) is 4.23. The van der Waals surface area contributed by atoms with E-state index < -0.39 is 0 Å². The lowest BCUT2D eigenvalue weighted by molar-refractivity contribution is 0.0266. The number of nitrogens with two attached hydrogens (primary N) is 1. The first-order valence-electron chi connectivity index (χ1n) is 5.74. The average Bonchev–Trinajstić information content (AvgIpc) is 2.39. The Labute approximate surface area is 101 Å². The maximum atomic E-state index is 12.1. The van der Waals surface area contributed by atoms with Crippen molar-refractivity contribution in [3.8, 4) is 0 Å². The highest BCUT2D eigenvalue weighted by atomic mass is 16.5. The Bertz CT molecular complexity index is 391. The van der Waals surface area contributed by atoms with Crippen molar-refractivity contribution in [3.05, 3.63) is 24.0 Å². The molecule has 0 aliphatic carbocycles. The number of pyridine rings is 1. The first kappa shape index (κ1) is 11.9. The Morgan fingerprint density at radius 1 is 1.59 bits per heavy atom. The predicted molar refractivity (Wildman–Crippen MR) is 64.6 cm³/mol. The molecule has 1 atom stereocenters. The maximum absolute atomic E-state index is 12.1. The number of rotatable bonds is 2. The summed E-state index contributed by atoms with van der Waals surface area (Å²) in [4.78, 5) is 18.0. The van der Waals surface area contributed by atoms with Gasteiger partial charge in [0, 0.05) is 20.2 Å². The van der Waals surface area contributed by atoms with Gasteiger partial charge in [-0.15, -0.1) is 0 Å². The number of nitrogen functional groups attached to an aromatic ring is 1. The second kappa shape index (κ2) is 5.14. The van der Waals surface area contributed by atoms with Gasteiger partial charge in [-0.3, -0.25) is 4.79 Å². The molecule has 0 radical (unpaired) electrons. The number of hydrogen-bond donors (Lipinski definition) is 1. The largest absolute Gasteiger partial charge is 0.397 e. The highest BCUT2D eigenvalue weighted by Crippen LogP contribution is 2.15. The zero-order chi connectivity index (χ0) is 12.3. The number of hydrogen-bond acceptors (Lipinski definition) is 4. The van der Waals surface area contributed by atoms with Gasteiger partial charge in [0.25, 0.3) is 5.91 Å². The fourth-order valence-corrected chi connectivity index (χ4v) is 2.01. The van der Waals surface area contributed by atoms with Crippen LogP contribution in [0.25, 0.3) is 0 Å². The van der Waals surface area contributed by atoms with Crippen molar-refractivity contribution in [2.45, 2.75) is 18.9 Å². The number of aromatic nitrogens is 1. The quantitative estimate of drug-likeness (QED) is 0.827. The number of carbonyl (C=O) groups excluding carboxylic acids is 1. The van der Waals surface area contributed by atoms with Crippen LogP contribution in [0.4, 0.5) is 5.69 Å². The summed E-state index contributed by atoms with van der Waals surface area (Å²) in [5, 5.41) is 0. The van der Waals surface area contributed by atoms with Gasteiger partial charge in [0.05, 0.1) is 18.0 Å². The van der Waals surface area contributed by atoms with Crippen LogP contribution in [0.3, 0.4) is 0 Å². The summed E-state index contributed by atoms with van der Waals surface area (Å²) in [6.07, 6.45) is 3.63. The highest BCUT2D eigenvalue weighted by molar-refractivity contribution is 5.92. The third kappa shape index (κ3) is 2.74. The minimum absolute atomic E-state index is 0.0493. The van der Waals surface area contributed by atoms with E-state index in [1.165, 1.54) is 6.20 Å². The summed E-state index contributed by atoms with van der Waals surface area (Å²) in [6, 6.07) is 3.35. The Kier molecular flexibility index (Phi) is 3.58. The van der Waals surface area contributed by atoms with Crippen LogP contribution in [0.1, 0.15) is 23.3 Å². The molecule has 2 rings (SSSR count). The number of piperidine rings is 1. The molecule has 1 aliphatic heterocycles. The molecule has 1 aromatic heterocycles. The van der Waals surface area contributed by atoms with Gasteiger partial charge in [-0.25, -0.2) is 4.98 Å². The lowest BCUT2D eigenvalue weighted by Crippen LogP contribution is -2.43. The minimum Gasteiger partial charge on any atom is -0.397 e. The zero-order valence-corrected chi connectivity index (χ0v) is 9.93. The molecule has 1 aliphatic rings. The van der Waals surface area contributed by atoms with Crippen molar-refractivity contribution >= 4 is 11.6 Å². The van der Waals surface area contributed by atoms with E-state index >= 15 is 0 Å². The molecule has 17 heavy (non-hydrogen) atoms. The third-order valence-electron chi connectivity index (χ3n) is 3.00. The second-order valence-corrected chi connectivity index (χ2v) is 4.23.